The molecule has 0 aliphatic carbocycles. The third kappa shape index (κ3) is 3.91. The van der Waals surface area contributed by atoms with E-state index in [2.05, 4.69) is 5.32 Å². The molecule has 0 heterocycles. The average Bonchev–Trinajstić information content (AvgIpc) is 2.54. The number of anilines is 1. The highest BCUT2D eigenvalue weighted by Gasteiger charge is 2.12. The molecule has 5 heteroatoms. The molecule has 1 amide bonds. The van der Waals surface area contributed by atoms with Crippen molar-refractivity contribution in [3.8, 4) is 17.2 Å². The molecule has 0 bridgehead atoms. The van der Waals surface area contributed by atoms with Gasteiger partial charge in [-0.1, -0.05) is 23.8 Å². The zero-order chi connectivity index (χ0) is 15.9. The summed E-state index contributed by atoms with van der Waals surface area (Å²) in [5.41, 5.74) is 1.87. The lowest BCUT2D eigenvalue weighted by atomic mass is 10.2. The zero-order valence-electron chi connectivity index (χ0n) is 12.9. The Morgan fingerprint density at radius 3 is 2.32 bits per heavy atom. The molecule has 0 aromatic heterocycles. The number of benzene rings is 2. The van der Waals surface area contributed by atoms with Gasteiger partial charge in [-0.05, 0) is 31.2 Å². The van der Waals surface area contributed by atoms with Crippen LogP contribution in [0.25, 0.3) is 0 Å². The third-order valence-corrected chi connectivity index (χ3v) is 3.06. The summed E-state index contributed by atoms with van der Waals surface area (Å²) in [6, 6.07) is 12.8. The summed E-state index contributed by atoms with van der Waals surface area (Å²) in [7, 11) is 3.07. The molecule has 0 unspecified atom stereocenters. The summed E-state index contributed by atoms with van der Waals surface area (Å²) in [6.45, 7) is 1.88. The number of ether oxygens (including phenoxy) is 3. The summed E-state index contributed by atoms with van der Waals surface area (Å²) in [5, 5.41) is 2.77. The number of amides is 1. The van der Waals surface area contributed by atoms with E-state index < -0.39 is 0 Å². The van der Waals surface area contributed by atoms with Crippen molar-refractivity contribution in [3.63, 3.8) is 0 Å². The lowest BCUT2D eigenvalue weighted by Gasteiger charge is -2.13. The van der Waals surface area contributed by atoms with E-state index in [9.17, 15) is 4.79 Å². The van der Waals surface area contributed by atoms with Crippen LogP contribution < -0.4 is 19.5 Å². The van der Waals surface area contributed by atoms with Crippen LogP contribution in [0.1, 0.15) is 5.56 Å². The number of aryl methyl sites for hydroxylation is 1. The van der Waals surface area contributed by atoms with E-state index in [1.54, 1.807) is 25.3 Å². The molecule has 2 rings (SSSR count). The number of rotatable bonds is 6. The summed E-state index contributed by atoms with van der Waals surface area (Å²) < 4.78 is 15.9. The molecule has 5 nitrogen and oxygen atoms in total. The minimum absolute atomic E-state index is 0.114. The summed E-state index contributed by atoms with van der Waals surface area (Å²) in [6.07, 6.45) is 0. The number of carbonyl (C=O) groups excluding carboxylic acids is 1. The van der Waals surface area contributed by atoms with Crippen molar-refractivity contribution in [2.75, 3.05) is 26.1 Å². The standard InChI is InChI=1S/C17H19NO4/c1-12-7-9-13(10-8-12)18-16(19)11-22-15-6-4-5-14(20-2)17(15)21-3/h4-10H,11H2,1-3H3,(H,18,19). The number of carbonyl (C=O) groups is 1. The first kappa shape index (κ1) is 15.7. The molecule has 0 saturated heterocycles. The van der Waals surface area contributed by atoms with Crippen molar-refractivity contribution in [3.05, 3.63) is 48.0 Å². The second kappa shape index (κ2) is 7.36. The van der Waals surface area contributed by atoms with Crippen LogP contribution in [0.2, 0.25) is 0 Å². The van der Waals surface area contributed by atoms with Crippen LogP contribution in [0.3, 0.4) is 0 Å². The number of hydrogen-bond donors (Lipinski definition) is 1. The molecule has 0 spiro atoms. The Morgan fingerprint density at radius 1 is 1.00 bits per heavy atom. The van der Waals surface area contributed by atoms with Gasteiger partial charge in [0.15, 0.2) is 18.1 Å². The van der Waals surface area contributed by atoms with Crippen LogP contribution in [0.5, 0.6) is 17.2 Å². The molecule has 1 N–H and O–H groups in total. The molecular formula is C17H19NO4. The van der Waals surface area contributed by atoms with E-state index in [1.807, 2.05) is 31.2 Å². The van der Waals surface area contributed by atoms with Crippen LogP contribution in [0.15, 0.2) is 42.5 Å². The SMILES string of the molecule is COc1cccc(OCC(=O)Nc2ccc(C)cc2)c1OC. The first-order valence-corrected chi connectivity index (χ1v) is 6.84. The Morgan fingerprint density at radius 2 is 1.68 bits per heavy atom. The maximum atomic E-state index is 11.9. The smallest absolute Gasteiger partial charge is 0.262 e. The first-order chi connectivity index (χ1) is 10.6. The maximum absolute atomic E-state index is 11.9. The van der Waals surface area contributed by atoms with Crippen molar-refractivity contribution in [2.45, 2.75) is 6.92 Å². The number of methoxy groups -OCH3 is 2. The Kier molecular flexibility index (Phi) is 5.25. The van der Waals surface area contributed by atoms with Crippen LogP contribution >= 0.6 is 0 Å². The molecule has 0 radical (unpaired) electrons. The minimum Gasteiger partial charge on any atom is -0.493 e. The molecule has 0 atom stereocenters. The highest BCUT2D eigenvalue weighted by atomic mass is 16.5. The molecule has 22 heavy (non-hydrogen) atoms. The molecule has 2 aromatic carbocycles. The number of nitrogens with one attached hydrogen (secondary N) is 1. The van der Waals surface area contributed by atoms with Crippen LogP contribution in [0, 0.1) is 6.92 Å². The Balaban J connectivity index is 1.98. The van der Waals surface area contributed by atoms with Gasteiger partial charge >= 0.3 is 0 Å². The topological polar surface area (TPSA) is 56.8 Å². The van der Waals surface area contributed by atoms with E-state index in [0.717, 1.165) is 11.3 Å². The molecule has 0 aliphatic rings. The third-order valence-electron chi connectivity index (χ3n) is 3.06. The minimum atomic E-state index is -0.242. The second-order valence-electron chi connectivity index (χ2n) is 4.69. The fraction of sp³-hybridized carbons (Fsp3) is 0.235. The van der Waals surface area contributed by atoms with Crippen molar-refractivity contribution in [2.24, 2.45) is 0 Å². The second-order valence-corrected chi connectivity index (χ2v) is 4.69. The largest absolute Gasteiger partial charge is 0.493 e. The van der Waals surface area contributed by atoms with Gasteiger partial charge < -0.3 is 19.5 Å². The Labute approximate surface area is 129 Å². The van der Waals surface area contributed by atoms with Crippen molar-refractivity contribution < 1.29 is 19.0 Å². The maximum Gasteiger partial charge on any atom is 0.262 e. The predicted molar refractivity (Wildman–Crippen MR) is 84.8 cm³/mol. The fourth-order valence-electron chi connectivity index (χ4n) is 1.95. The Bertz CT molecular complexity index is 638. The van der Waals surface area contributed by atoms with E-state index >= 15 is 0 Å². The van der Waals surface area contributed by atoms with Gasteiger partial charge in [-0.2, -0.15) is 0 Å². The zero-order valence-corrected chi connectivity index (χ0v) is 12.9. The van der Waals surface area contributed by atoms with Gasteiger partial charge in [-0.15, -0.1) is 0 Å². The lowest BCUT2D eigenvalue weighted by molar-refractivity contribution is -0.118. The number of para-hydroxylation sites is 1. The predicted octanol–water partition coefficient (Wildman–Crippen LogP) is 3.03. The highest BCUT2D eigenvalue weighted by Crippen LogP contribution is 2.36. The summed E-state index contributed by atoms with van der Waals surface area (Å²) >= 11 is 0. The van der Waals surface area contributed by atoms with Crippen molar-refractivity contribution in [1.29, 1.82) is 0 Å². The first-order valence-electron chi connectivity index (χ1n) is 6.84. The Hall–Kier alpha value is -2.69. The van der Waals surface area contributed by atoms with Gasteiger partial charge in [0.1, 0.15) is 0 Å². The van der Waals surface area contributed by atoms with Gasteiger partial charge in [0, 0.05) is 5.69 Å². The van der Waals surface area contributed by atoms with Crippen LogP contribution in [-0.2, 0) is 4.79 Å². The number of hydrogen-bond acceptors (Lipinski definition) is 4. The van der Waals surface area contributed by atoms with Crippen LogP contribution in [0.4, 0.5) is 5.69 Å². The molecular weight excluding hydrogens is 282 g/mol. The molecule has 0 aliphatic heterocycles. The van der Waals surface area contributed by atoms with Gasteiger partial charge in [-0.3, -0.25) is 4.79 Å². The van der Waals surface area contributed by atoms with Gasteiger partial charge in [0.2, 0.25) is 5.75 Å². The van der Waals surface area contributed by atoms with Gasteiger partial charge in [0.25, 0.3) is 5.91 Å². The highest BCUT2D eigenvalue weighted by molar-refractivity contribution is 5.91. The summed E-state index contributed by atoms with van der Waals surface area (Å²) in [4.78, 5) is 11.9. The monoisotopic (exact) mass is 301 g/mol. The van der Waals surface area contributed by atoms with Gasteiger partial charge in [-0.25, -0.2) is 0 Å². The van der Waals surface area contributed by atoms with E-state index in [4.69, 9.17) is 14.2 Å². The van der Waals surface area contributed by atoms with E-state index in [1.165, 1.54) is 7.11 Å². The molecule has 0 saturated carbocycles. The molecule has 2 aromatic rings. The van der Waals surface area contributed by atoms with E-state index in [0.29, 0.717) is 17.2 Å². The van der Waals surface area contributed by atoms with Crippen LogP contribution in [-0.4, -0.2) is 26.7 Å². The van der Waals surface area contributed by atoms with Gasteiger partial charge in [0.05, 0.1) is 14.2 Å². The fourth-order valence-corrected chi connectivity index (χ4v) is 1.95. The average molecular weight is 301 g/mol. The lowest BCUT2D eigenvalue weighted by Crippen LogP contribution is -2.20. The van der Waals surface area contributed by atoms with Crippen molar-refractivity contribution in [1.82, 2.24) is 0 Å². The quantitative estimate of drug-likeness (QED) is 0.891. The summed E-state index contributed by atoms with van der Waals surface area (Å²) in [5.74, 6) is 1.24. The normalized spacial score (nSPS) is 9.95. The molecule has 116 valence electrons. The molecule has 0 fully saturated rings. The van der Waals surface area contributed by atoms with E-state index in [-0.39, 0.29) is 12.5 Å². The van der Waals surface area contributed by atoms with Crippen molar-refractivity contribution >= 4 is 11.6 Å².